The molecule has 0 spiro atoms. The zero-order chi connectivity index (χ0) is 13.2. The van der Waals surface area contributed by atoms with Crippen molar-refractivity contribution < 1.29 is 4.42 Å². The van der Waals surface area contributed by atoms with E-state index in [1.807, 2.05) is 13.1 Å². The van der Waals surface area contributed by atoms with Gasteiger partial charge in [0, 0.05) is 0 Å². The normalized spacial score (nSPS) is 20.0. The molecular weight excluding hydrogens is 302 g/mol. The SMILES string of the molecule is CNC(c1occc1Br)C1CCc2ccccc2C1. The highest BCUT2D eigenvalue weighted by Crippen LogP contribution is 2.36. The zero-order valence-corrected chi connectivity index (χ0v) is 12.6. The Bertz CT molecular complexity index is 563. The van der Waals surface area contributed by atoms with E-state index in [9.17, 15) is 0 Å². The molecule has 19 heavy (non-hydrogen) atoms. The molecule has 0 bridgehead atoms. The molecule has 0 fully saturated rings. The minimum absolute atomic E-state index is 0.276. The van der Waals surface area contributed by atoms with Gasteiger partial charge in [-0.15, -0.1) is 0 Å². The van der Waals surface area contributed by atoms with E-state index in [2.05, 4.69) is 45.5 Å². The average Bonchev–Trinajstić information content (AvgIpc) is 2.86. The highest BCUT2D eigenvalue weighted by atomic mass is 79.9. The quantitative estimate of drug-likeness (QED) is 0.921. The van der Waals surface area contributed by atoms with Crippen molar-refractivity contribution in [1.29, 1.82) is 0 Å². The van der Waals surface area contributed by atoms with E-state index in [0.717, 1.165) is 23.1 Å². The summed E-state index contributed by atoms with van der Waals surface area (Å²) in [5, 5.41) is 3.42. The lowest BCUT2D eigenvalue weighted by Gasteiger charge is -2.30. The van der Waals surface area contributed by atoms with Crippen molar-refractivity contribution in [3.8, 4) is 0 Å². The Morgan fingerprint density at radius 1 is 1.26 bits per heavy atom. The molecule has 3 rings (SSSR count). The monoisotopic (exact) mass is 319 g/mol. The lowest BCUT2D eigenvalue weighted by atomic mass is 9.79. The smallest absolute Gasteiger partial charge is 0.135 e. The van der Waals surface area contributed by atoms with Gasteiger partial charge in [-0.05, 0) is 65.4 Å². The number of hydrogen-bond donors (Lipinski definition) is 1. The van der Waals surface area contributed by atoms with Gasteiger partial charge in [-0.2, -0.15) is 0 Å². The summed E-state index contributed by atoms with van der Waals surface area (Å²) in [5.74, 6) is 1.61. The Balaban J connectivity index is 1.85. The molecule has 1 N–H and O–H groups in total. The fourth-order valence-corrected chi connectivity index (χ4v) is 3.57. The summed E-state index contributed by atoms with van der Waals surface area (Å²) in [6.07, 6.45) is 5.24. The largest absolute Gasteiger partial charge is 0.466 e. The first-order chi connectivity index (χ1) is 9.29. The fourth-order valence-electron chi connectivity index (χ4n) is 3.12. The summed E-state index contributed by atoms with van der Waals surface area (Å²) < 4.78 is 6.71. The van der Waals surface area contributed by atoms with Crippen LogP contribution >= 0.6 is 15.9 Å². The second-order valence-corrected chi connectivity index (χ2v) is 6.03. The first-order valence-corrected chi connectivity index (χ1v) is 7.56. The van der Waals surface area contributed by atoms with Gasteiger partial charge in [-0.3, -0.25) is 0 Å². The number of halogens is 1. The lowest BCUT2D eigenvalue weighted by molar-refractivity contribution is 0.296. The summed E-state index contributed by atoms with van der Waals surface area (Å²) >= 11 is 3.57. The molecule has 1 aromatic heterocycles. The van der Waals surface area contributed by atoms with Crippen LogP contribution in [0.25, 0.3) is 0 Å². The standard InChI is InChI=1S/C16H18BrNO/c1-18-15(16-14(17)8-9-19-16)13-7-6-11-4-2-3-5-12(11)10-13/h2-5,8-9,13,15,18H,6-7,10H2,1H3. The Kier molecular flexibility index (Phi) is 3.76. The number of hydrogen-bond acceptors (Lipinski definition) is 2. The van der Waals surface area contributed by atoms with Crippen LogP contribution in [0.15, 0.2) is 45.5 Å². The van der Waals surface area contributed by atoms with E-state index < -0.39 is 0 Å². The summed E-state index contributed by atoms with van der Waals surface area (Å²) in [5.41, 5.74) is 2.99. The van der Waals surface area contributed by atoms with Crippen LogP contribution in [-0.2, 0) is 12.8 Å². The van der Waals surface area contributed by atoms with Crippen LogP contribution in [0.4, 0.5) is 0 Å². The Hall–Kier alpha value is -1.06. The third-order valence-corrected chi connectivity index (χ3v) is 4.75. The van der Waals surface area contributed by atoms with Crippen molar-refractivity contribution in [2.45, 2.75) is 25.3 Å². The Morgan fingerprint density at radius 2 is 2.05 bits per heavy atom. The van der Waals surface area contributed by atoms with Crippen molar-refractivity contribution in [3.63, 3.8) is 0 Å². The number of aryl methyl sites for hydroxylation is 1. The van der Waals surface area contributed by atoms with Crippen LogP contribution in [0.3, 0.4) is 0 Å². The molecule has 1 aliphatic carbocycles. The van der Waals surface area contributed by atoms with E-state index >= 15 is 0 Å². The maximum absolute atomic E-state index is 5.65. The number of fused-ring (bicyclic) bond motifs is 1. The van der Waals surface area contributed by atoms with E-state index in [-0.39, 0.29) is 6.04 Å². The van der Waals surface area contributed by atoms with Crippen LogP contribution in [0.2, 0.25) is 0 Å². The van der Waals surface area contributed by atoms with Crippen molar-refractivity contribution >= 4 is 15.9 Å². The van der Waals surface area contributed by atoms with E-state index in [1.165, 1.54) is 17.5 Å². The minimum Gasteiger partial charge on any atom is -0.466 e. The molecule has 2 unspecified atom stereocenters. The highest BCUT2D eigenvalue weighted by Gasteiger charge is 2.29. The molecule has 0 aliphatic heterocycles. The number of benzene rings is 1. The maximum atomic E-state index is 5.65. The molecule has 2 atom stereocenters. The summed E-state index contributed by atoms with van der Waals surface area (Å²) in [6.45, 7) is 0. The molecule has 0 saturated carbocycles. The fraction of sp³-hybridized carbons (Fsp3) is 0.375. The first kappa shape index (κ1) is 12.9. The van der Waals surface area contributed by atoms with Gasteiger partial charge in [0.25, 0.3) is 0 Å². The van der Waals surface area contributed by atoms with Gasteiger partial charge in [0.2, 0.25) is 0 Å². The van der Waals surface area contributed by atoms with Crippen molar-refractivity contribution in [3.05, 3.63) is 58.0 Å². The predicted molar refractivity (Wildman–Crippen MR) is 80.2 cm³/mol. The van der Waals surface area contributed by atoms with Crippen LogP contribution in [0.1, 0.15) is 29.3 Å². The molecule has 0 saturated heterocycles. The van der Waals surface area contributed by atoms with Crippen LogP contribution in [-0.4, -0.2) is 7.05 Å². The molecule has 1 heterocycles. The lowest BCUT2D eigenvalue weighted by Crippen LogP contribution is -2.29. The molecule has 0 radical (unpaired) electrons. The number of rotatable bonds is 3. The second-order valence-electron chi connectivity index (χ2n) is 5.17. The Labute approximate surface area is 122 Å². The van der Waals surface area contributed by atoms with E-state index in [1.54, 1.807) is 6.26 Å². The van der Waals surface area contributed by atoms with Gasteiger partial charge in [0.05, 0.1) is 16.8 Å². The van der Waals surface area contributed by atoms with Crippen molar-refractivity contribution in [2.24, 2.45) is 5.92 Å². The summed E-state index contributed by atoms with van der Waals surface area (Å²) in [6, 6.07) is 11.0. The second kappa shape index (κ2) is 5.51. The van der Waals surface area contributed by atoms with Crippen molar-refractivity contribution in [2.75, 3.05) is 7.05 Å². The third kappa shape index (κ3) is 2.49. The van der Waals surface area contributed by atoms with Gasteiger partial charge < -0.3 is 9.73 Å². The molecule has 1 aromatic carbocycles. The van der Waals surface area contributed by atoms with Crippen LogP contribution in [0.5, 0.6) is 0 Å². The molecule has 100 valence electrons. The summed E-state index contributed by atoms with van der Waals surface area (Å²) in [7, 11) is 2.01. The minimum atomic E-state index is 0.276. The number of furan rings is 1. The van der Waals surface area contributed by atoms with Crippen LogP contribution in [0, 0.1) is 5.92 Å². The van der Waals surface area contributed by atoms with Gasteiger partial charge in [0.1, 0.15) is 5.76 Å². The van der Waals surface area contributed by atoms with Crippen LogP contribution < -0.4 is 5.32 Å². The van der Waals surface area contributed by atoms with Gasteiger partial charge in [-0.1, -0.05) is 24.3 Å². The van der Waals surface area contributed by atoms with E-state index in [4.69, 9.17) is 4.42 Å². The molecule has 2 nitrogen and oxygen atoms in total. The highest BCUT2D eigenvalue weighted by molar-refractivity contribution is 9.10. The third-order valence-electron chi connectivity index (χ3n) is 4.09. The molecular formula is C16H18BrNO. The molecule has 3 heteroatoms. The topological polar surface area (TPSA) is 25.2 Å². The van der Waals surface area contributed by atoms with Gasteiger partial charge in [0.15, 0.2) is 0 Å². The predicted octanol–water partition coefficient (Wildman–Crippen LogP) is 4.11. The summed E-state index contributed by atoms with van der Waals surface area (Å²) in [4.78, 5) is 0. The average molecular weight is 320 g/mol. The molecule has 2 aromatic rings. The van der Waals surface area contributed by atoms with Gasteiger partial charge in [-0.25, -0.2) is 0 Å². The zero-order valence-electron chi connectivity index (χ0n) is 11.0. The van der Waals surface area contributed by atoms with E-state index in [0.29, 0.717) is 5.92 Å². The van der Waals surface area contributed by atoms with Gasteiger partial charge >= 0.3 is 0 Å². The number of nitrogens with one attached hydrogen (secondary N) is 1. The maximum Gasteiger partial charge on any atom is 0.135 e. The Morgan fingerprint density at radius 3 is 2.74 bits per heavy atom. The van der Waals surface area contributed by atoms with Crippen molar-refractivity contribution in [1.82, 2.24) is 5.32 Å². The molecule has 0 amide bonds. The first-order valence-electron chi connectivity index (χ1n) is 6.76. The molecule has 1 aliphatic rings.